The summed E-state index contributed by atoms with van der Waals surface area (Å²) in [5.41, 5.74) is 4.56. The van der Waals surface area contributed by atoms with Crippen LogP contribution in [0.5, 0.6) is 5.75 Å². The first-order valence-corrected chi connectivity index (χ1v) is 14.2. The molecule has 1 heterocycles. The monoisotopic (exact) mass is 521 g/mol. The number of benzene rings is 3. The second kappa shape index (κ2) is 11.8. The third-order valence-corrected chi connectivity index (χ3v) is 8.32. The molecule has 1 aliphatic heterocycles. The third kappa shape index (κ3) is 6.50. The highest BCUT2D eigenvalue weighted by Crippen LogP contribution is 2.24. The van der Waals surface area contributed by atoms with Gasteiger partial charge in [0.1, 0.15) is 11.8 Å². The first-order chi connectivity index (χ1) is 17.8. The van der Waals surface area contributed by atoms with E-state index in [0.29, 0.717) is 38.5 Å². The van der Waals surface area contributed by atoms with Gasteiger partial charge in [-0.3, -0.25) is 4.79 Å². The van der Waals surface area contributed by atoms with Crippen molar-refractivity contribution in [2.24, 2.45) is 0 Å². The second-order valence-electron chi connectivity index (χ2n) is 9.30. The predicted molar refractivity (Wildman–Crippen MR) is 147 cm³/mol. The van der Waals surface area contributed by atoms with Crippen molar-refractivity contribution in [1.82, 2.24) is 9.62 Å². The summed E-state index contributed by atoms with van der Waals surface area (Å²) in [5, 5.41) is 0. The van der Waals surface area contributed by atoms with Crippen LogP contribution in [0, 0.1) is 13.8 Å². The molecule has 3 aromatic rings. The Hall–Kier alpha value is -3.36. The fourth-order valence-corrected chi connectivity index (χ4v) is 5.82. The first-order valence-electron chi connectivity index (χ1n) is 12.7. The molecule has 1 aliphatic rings. The molecule has 1 saturated heterocycles. The summed E-state index contributed by atoms with van der Waals surface area (Å²) < 4.78 is 34.6. The molecule has 0 aliphatic carbocycles. The van der Waals surface area contributed by atoms with Gasteiger partial charge in [0.05, 0.1) is 11.5 Å². The zero-order chi connectivity index (χ0) is 26.4. The number of hydrogen-bond donors (Lipinski definition) is 1. The van der Waals surface area contributed by atoms with Crippen molar-refractivity contribution in [3.8, 4) is 5.75 Å². The van der Waals surface area contributed by atoms with Crippen LogP contribution in [0.4, 0.5) is 5.69 Å². The summed E-state index contributed by atoms with van der Waals surface area (Å²) in [4.78, 5) is 17.8. The lowest BCUT2D eigenvalue weighted by molar-refractivity contribution is -0.133. The quantitative estimate of drug-likeness (QED) is 0.462. The summed E-state index contributed by atoms with van der Waals surface area (Å²) in [6.45, 7) is 9.03. The van der Waals surface area contributed by atoms with Gasteiger partial charge in [0, 0.05) is 31.9 Å². The van der Waals surface area contributed by atoms with E-state index in [1.54, 1.807) is 17.0 Å². The van der Waals surface area contributed by atoms with Crippen molar-refractivity contribution in [2.45, 2.75) is 38.1 Å². The van der Waals surface area contributed by atoms with E-state index in [1.807, 2.05) is 37.3 Å². The number of ether oxygens (including phenoxy) is 1. The maximum Gasteiger partial charge on any atom is 0.241 e. The van der Waals surface area contributed by atoms with Gasteiger partial charge in [0.25, 0.3) is 0 Å². The van der Waals surface area contributed by atoms with E-state index in [9.17, 15) is 13.2 Å². The predicted octanol–water partition coefficient (Wildman–Crippen LogP) is 3.94. The molecule has 3 aromatic carbocycles. The average Bonchev–Trinajstić information content (AvgIpc) is 2.91. The van der Waals surface area contributed by atoms with E-state index in [0.717, 1.165) is 5.56 Å². The largest absolute Gasteiger partial charge is 0.494 e. The Morgan fingerprint density at radius 2 is 1.59 bits per heavy atom. The number of piperazine rings is 1. The van der Waals surface area contributed by atoms with Crippen LogP contribution in [-0.4, -0.2) is 58.1 Å². The zero-order valence-corrected chi connectivity index (χ0v) is 22.5. The molecule has 4 rings (SSSR count). The van der Waals surface area contributed by atoms with Crippen LogP contribution in [0.1, 0.15) is 23.6 Å². The molecule has 1 N–H and O–H groups in total. The standard InChI is InChI=1S/C29H35N3O4S/c1-4-36-25-13-15-26(16-14-25)37(34,35)30-27(21-24-10-6-5-7-11-24)29(33)32-19-17-31(18-20-32)28-12-8-9-22(2)23(28)3/h5-16,27,30H,4,17-21H2,1-3H3/t27-/m1/s1. The first kappa shape index (κ1) is 26.7. The lowest BCUT2D eigenvalue weighted by Crippen LogP contribution is -2.55. The van der Waals surface area contributed by atoms with E-state index in [2.05, 4.69) is 41.7 Å². The van der Waals surface area contributed by atoms with Crippen LogP contribution in [0.2, 0.25) is 0 Å². The number of nitrogens with zero attached hydrogens (tertiary/aromatic N) is 2. The molecule has 0 bridgehead atoms. The maximum absolute atomic E-state index is 13.7. The van der Waals surface area contributed by atoms with Crippen molar-refractivity contribution in [2.75, 3.05) is 37.7 Å². The second-order valence-corrected chi connectivity index (χ2v) is 11.0. The number of hydrogen-bond acceptors (Lipinski definition) is 5. The molecule has 196 valence electrons. The minimum atomic E-state index is -3.92. The van der Waals surface area contributed by atoms with E-state index in [-0.39, 0.29) is 17.2 Å². The molecule has 0 saturated carbocycles. The van der Waals surface area contributed by atoms with Crippen molar-refractivity contribution in [3.63, 3.8) is 0 Å². The molecule has 0 unspecified atom stereocenters. The zero-order valence-electron chi connectivity index (χ0n) is 21.7. The van der Waals surface area contributed by atoms with Crippen LogP contribution in [0.15, 0.2) is 77.7 Å². The number of nitrogens with one attached hydrogen (secondary N) is 1. The van der Waals surface area contributed by atoms with E-state index >= 15 is 0 Å². The van der Waals surface area contributed by atoms with Crippen molar-refractivity contribution < 1.29 is 17.9 Å². The molecular formula is C29H35N3O4S. The topological polar surface area (TPSA) is 78.9 Å². The molecular weight excluding hydrogens is 486 g/mol. The van der Waals surface area contributed by atoms with Crippen LogP contribution >= 0.6 is 0 Å². The molecule has 1 atom stereocenters. The minimum Gasteiger partial charge on any atom is -0.494 e. The Bertz CT molecular complexity index is 1300. The minimum absolute atomic E-state index is 0.0987. The van der Waals surface area contributed by atoms with Gasteiger partial charge in [0.15, 0.2) is 0 Å². The molecule has 1 fully saturated rings. The van der Waals surface area contributed by atoms with Gasteiger partial charge in [-0.25, -0.2) is 8.42 Å². The number of anilines is 1. The molecule has 8 heteroatoms. The number of sulfonamides is 1. The molecule has 1 amide bonds. The fraction of sp³-hybridized carbons (Fsp3) is 0.345. The van der Waals surface area contributed by atoms with Crippen molar-refractivity contribution in [1.29, 1.82) is 0 Å². The lowest BCUT2D eigenvalue weighted by atomic mass is 10.0. The summed E-state index contributed by atoms with van der Waals surface area (Å²) in [7, 11) is -3.92. The van der Waals surface area contributed by atoms with Gasteiger partial charge in [-0.15, -0.1) is 0 Å². The van der Waals surface area contributed by atoms with Crippen LogP contribution in [0.3, 0.4) is 0 Å². The highest BCUT2D eigenvalue weighted by Gasteiger charge is 2.31. The van der Waals surface area contributed by atoms with Gasteiger partial charge >= 0.3 is 0 Å². The maximum atomic E-state index is 13.7. The van der Waals surface area contributed by atoms with E-state index in [1.165, 1.54) is 28.9 Å². The highest BCUT2D eigenvalue weighted by atomic mass is 32.2. The van der Waals surface area contributed by atoms with E-state index in [4.69, 9.17) is 4.74 Å². The van der Waals surface area contributed by atoms with Crippen molar-refractivity contribution >= 4 is 21.6 Å². The van der Waals surface area contributed by atoms with Gasteiger partial charge < -0.3 is 14.5 Å². The highest BCUT2D eigenvalue weighted by molar-refractivity contribution is 7.89. The third-order valence-electron chi connectivity index (χ3n) is 6.83. The summed E-state index contributed by atoms with van der Waals surface area (Å²) in [6, 6.07) is 21.1. The number of amides is 1. The summed E-state index contributed by atoms with van der Waals surface area (Å²) in [6.07, 6.45) is 0.271. The molecule has 7 nitrogen and oxygen atoms in total. The molecule has 0 radical (unpaired) electrons. The molecule has 37 heavy (non-hydrogen) atoms. The molecule has 0 aromatic heterocycles. The SMILES string of the molecule is CCOc1ccc(S(=O)(=O)N[C@H](Cc2ccccc2)C(=O)N2CCN(c3cccc(C)c3C)CC2)cc1. The Kier molecular flexibility index (Phi) is 8.51. The molecule has 0 spiro atoms. The number of aryl methyl sites for hydroxylation is 1. The number of carbonyl (C=O) groups is 1. The van der Waals surface area contributed by atoms with Crippen LogP contribution in [-0.2, 0) is 21.2 Å². The average molecular weight is 522 g/mol. The van der Waals surface area contributed by atoms with Gasteiger partial charge in [0.2, 0.25) is 15.9 Å². The van der Waals surface area contributed by atoms with Crippen LogP contribution < -0.4 is 14.4 Å². The Morgan fingerprint density at radius 3 is 2.24 bits per heavy atom. The Labute approximate surface area is 220 Å². The van der Waals surface area contributed by atoms with E-state index < -0.39 is 16.1 Å². The lowest BCUT2D eigenvalue weighted by Gasteiger charge is -2.38. The van der Waals surface area contributed by atoms with Crippen LogP contribution in [0.25, 0.3) is 0 Å². The normalized spacial score (nSPS) is 14.9. The van der Waals surface area contributed by atoms with Crippen molar-refractivity contribution in [3.05, 3.63) is 89.5 Å². The van der Waals surface area contributed by atoms with Gasteiger partial charge in [-0.2, -0.15) is 4.72 Å². The smallest absolute Gasteiger partial charge is 0.241 e. The number of carbonyl (C=O) groups excluding carboxylic acids is 1. The summed E-state index contributed by atoms with van der Waals surface area (Å²) in [5.74, 6) is 0.388. The Balaban J connectivity index is 1.50. The Morgan fingerprint density at radius 1 is 0.919 bits per heavy atom. The van der Waals surface area contributed by atoms with Gasteiger partial charge in [-0.05, 0) is 74.2 Å². The fourth-order valence-electron chi connectivity index (χ4n) is 4.63. The summed E-state index contributed by atoms with van der Waals surface area (Å²) >= 11 is 0. The van der Waals surface area contributed by atoms with Gasteiger partial charge in [-0.1, -0.05) is 42.5 Å². The number of rotatable bonds is 9.